The largest absolute Gasteiger partial charge is 0.409 e. The third-order valence-electron chi connectivity index (χ3n) is 3.94. The van der Waals surface area contributed by atoms with E-state index in [0.717, 1.165) is 24.8 Å². The second-order valence-electron chi connectivity index (χ2n) is 5.14. The van der Waals surface area contributed by atoms with Crippen LogP contribution in [0.25, 0.3) is 0 Å². The van der Waals surface area contributed by atoms with Crippen molar-refractivity contribution in [3.05, 3.63) is 30.1 Å². The summed E-state index contributed by atoms with van der Waals surface area (Å²) in [5.74, 6) is -0.115. The molecule has 1 saturated carbocycles. The SMILES string of the molecule is NC(=NO)C1(C(=O)NCCc2ccncc2)CCCC1. The zero-order valence-electron chi connectivity index (χ0n) is 11.4. The van der Waals surface area contributed by atoms with E-state index in [0.29, 0.717) is 19.4 Å². The van der Waals surface area contributed by atoms with Crippen molar-refractivity contribution in [3.8, 4) is 0 Å². The molecule has 0 bridgehead atoms. The van der Waals surface area contributed by atoms with Crippen molar-refractivity contribution in [2.45, 2.75) is 32.1 Å². The van der Waals surface area contributed by atoms with Crippen molar-refractivity contribution in [1.82, 2.24) is 10.3 Å². The Bertz CT molecular complexity index is 481. The molecule has 1 aromatic heterocycles. The molecule has 6 heteroatoms. The summed E-state index contributed by atoms with van der Waals surface area (Å²) >= 11 is 0. The maximum atomic E-state index is 12.4. The first-order valence-corrected chi connectivity index (χ1v) is 6.84. The second-order valence-corrected chi connectivity index (χ2v) is 5.14. The van der Waals surface area contributed by atoms with Gasteiger partial charge in [0.15, 0.2) is 5.84 Å². The third-order valence-corrected chi connectivity index (χ3v) is 3.94. The average molecular weight is 276 g/mol. The first-order chi connectivity index (χ1) is 9.69. The van der Waals surface area contributed by atoms with Crippen LogP contribution in [0.2, 0.25) is 0 Å². The Balaban J connectivity index is 1.93. The summed E-state index contributed by atoms with van der Waals surface area (Å²) in [5.41, 5.74) is 6.02. The van der Waals surface area contributed by atoms with Gasteiger partial charge in [0.25, 0.3) is 0 Å². The van der Waals surface area contributed by atoms with E-state index in [4.69, 9.17) is 10.9 Å². The molecule has 1 heterocycles. The zero-order chi connectivity index (χ0) is 14.4. The Morgan fingerprint density at radius 3 is 2.65 bits per heavy atom. The molecule has 6 nitrogen and oxygen atoms in total. The summed E-state index contributed by atoms with van der Waals surface area (Å²) in [7, 11) is 0. The minimum atomic E-state index is -0.826. The van der Waals surface area contributed by atoms with Crippen LogP contribution in [0.4, 0.5) is 0 Å². The maximum absolute atomic E-state index is 12.4. The van der Waals surface area contributed by atoms with E-state index in [1.165, 1.54) is 0 Å². The van der Waals surface area contributed by atoms with Gasteiger partial charge in [-0.1, -0.05) is 18.0 Å². The van der Waals surface area contributed by atoms with Gasteiger partial charge in [0.05, 0.1) is 0 Å². The summed E-state index contributed by atoms with van der Waals surface area (Å²) < 4.78 is 0. The number of aromatic nitrogens is 1. The van der Waals surface area contributed by atoms with E-state index in [1.807, 2.05) is 12.1 Å². The lowest BCUT2D eigenvalue weighted by molar-refractivity contribution is -0.127. The lowest BCUT2D eigenvalue weighted by Gasteiger charge is -2.25. The fraction of sp³-hybridized carbons (Fsp3) is 0.500. The van der Waals surface area contributed by atoms with Crippen molar-refractivity contribution in [1.29, 1.82) is 0 Å². The topological polar surface area (TPSA) is 101 Å². The highest BCUT2D eigenvalue weighted by Crippen LogP contribution is 2.38. The number of pyridine rings is 1. The van der Waals surface area contributed by atoms with Crippen LogP contribution in [0.15, 0.2) is 29.7 Å². The van der Waals surface area contributed by atoms with Crippen LogP contribution < -0.4 is 11.1 Å². The molecule has 4 N–H and O–H groups in total. The summed E-state index contributed by atoms with van der Waals surface area (Å²) in [6.45, 7) is 0.531. The van der Waals surface area contributed by atoms with Crippen LogP contribution in [0.3, 0.4) is 0 Å². The van der Waals surface area contributed by atoms with E-state index < -0.39 is 5.41 Å². The number of carbonyl (C=O) groups excluding carboxylic acids is 1. The molecule has 0 aromatic carbocycles. The predicted molar refractivity (Wildman–Crippen MR) is 75.3 cm³/mol. The van der Waals surface area contributed by atoms with Gasteiger partial charge >= 0.3 is 0 Å². The summed E-state index contributed by atoms with van der Waals surface area (Å²) in [5, 5.41) is 14.8. The lowest BCUT2D eigenvalue weighted by atomic mass is 9.83. The molecule has 0 aliphatic heterocycles. The Labute approximate surface area is 118 Å². The minimum Gasteiger partial charge on any atom is -0.409 e. The molecule has 1 aromatic rings. The van der Waals surface area contributed by atoms with Crippen LogP contribution >= 0.6 is 0 Å². The Hall–Kier alpha value is -2.11. The Morgan fingerprint density at radius 1 is 1.40 bits per heavy atom. The quantitative estimate of drug-likeness (QED) is 0.324. The highest BCUT2D eigenvalue weighted by Gasteiger charge is 2.45. The Morgan fingerprint density at radius 2 is 2.05 bits per heavy atom. The third kappa shape index (κ3) is 2.89. The van der Waals surface area contributed by atoms with Crippen LogP contribution in [0.1, 0.15) is 31.2 Å². The molecule has 1 fully saturated rings. The number of hydrogen-bond donors (Lipinski definition) is 3. The molecule has 0 unspecified atom stereocenters. The van der Waals surface area contributed by atoms with E-state index in [1.54, 1.807) is 12.4 Å². The van der Waals surface area contributed by atoms with Crippen LogP contribution in [-0.2, 0) is 11.2 Å². The summed E-state index contributed by atoms with van der Waals surface area (Å²) in [6, 6.07) is 3.84. The predicted octanol–water partition coefficient (Wildman–Crippen LogP) is 1.05. The number of nitrogens with zero attached hydrogens (tertiary/aromatic N) is 2. The number of rotatable bonds is 5. The van der Waals surface area contributed by atoms with Crippen LogP contribution in [0, 0.1) is 5.41 Å². The van der Waals surface area contributed by atoms with E-state index in [-0.39, 0.29) is 11.7 Å². The number of hydrogen-bond acceptors (Lipinski definition) is 4. The minimum absolute atomic E-state index is 0.0245. The number of carbonyl (C=O) groups is 1. The van der Waals surface area contributed by atoms with Gasteiger partial charge in [0.1, 0.15) is 5.41 Å². The molecule has 0 radical (unpaired) electrons. The van der Waals surface area contributed by atoms with Crippen molar-refractivity contribution in [2.24, 2.45) is 16.3 Å². The number of oxime groups is 1. The van der Waals surface area contributed by atoms with E-state index >= 15 is 0 Å². The highest BCUT2D eigenvalue weighted by atomic mass is 16.4. The van der Waals surface area contributed by atoms with E-state index in [9.17, 15) is 4.79 Å². The fourth-order valence-electron chi connectivity index (χ4n) is 2.71. The zero-order valence-corrected chi connectivity index (χ0v) is 11.4. The summed E-state index contributed by atoms with van der Waals surface area (Å²) in [6.07, 6.45) is 7.33. The molecule has 0 saturated heterocycles. The monoisotopic (exact) mass is 276 g/mol. The van der Waals surface area contributed by atoms with Crippen molar-refractivity contribution < 1.29 is 10.0 Å². The normalized spacial score (nSPS) is 17.9. The van der Waals surface area contributed by atoms with Gasteiger partial charge < -0.3 is 16.3 Å². The van der Waals surface area contributed by atoms with Gasteiger partial charge in [0.2, 0.25) is 5.91 Å². The van der Waals surface area contributed by atoms with Gasteiger partial charge in [0, 0.05) is 18.9 Å². The molecular weight excluding hydrogens is 256 g/mol. The molecule has 1 amide bonds. The van der Waals surface area contributed by atoms with Crippen LogP contribution in [0.5, 0.6) is 0 Å². The van der Waals surface area contributed by atoms with Crippen molar-refractivity contribution in [2.75, 3.05) is 6.54 Å². The van der Waals surface area contributed by atoms with Crippen molar-refractivity contribution >= 4 is 11.7 Å². The fourth-order valence-corrected chi connectivity index (χ4v) is 2.71. The standard InChI is InChI=1S/C14H20N4O2/c15-12(18-20)14(6-1-2-7-14)13(19)17-10-5-11-3-8-16-9-4-11/h3-4,8-9,20H,1-2,5-7,10H2,(H2,15,18)(H,17,19). The molecule has 0 atom stereocenters. The number of nitrogens with one attached hydrogen (secondary N) is 1. The lowest BCUT2D eigenvalue weighted by Crippen LogP contribution is -2.48. The number of nitrogens with two attached hydrogens (primary N) is 1. The maximum Gasteiger partial charge on any atom is 0.233 e. The van der Waals surface area contributed by atoms with E-state index in [2.05, 4.69) is 15.5 Å². The van der Waals surface area contributed by atoms with Crippen LogP contribution in [-0.4, -0.2) is 28.5 Å². The molecule has 1 aliphatic carbocycles. The highest BCUT2D eigenvalue weighted by molar-refractivity contribution is 6.07. The van der Waals surface area contributed by atoms with Gasteiger partial charge in [-0.05, 0) is 37.0 Å². The number of amides is 1. The molecule has 108 valence electrons. The van der Waals surface area contributed by atoms with Gasteiger partial charge in [-0.2, -0.15) is 0 Å². The average Bonchev–Trinajstić information content (AvgIpc) is 2.98. The molecule has 20 heavy (non-hydrogen) atoms. The first-order valence-electron chi connectivity index (χ1n) is 6.84. The molecule has 1 aliphatic rings. The summed E-state index contributed by atoms with van der Waals surface area (Å²) in [4.78, 5) is 16.3. The molecule has 2 rings (SSSR count). The van der Waals surface area contributed by atoms with Gasteiger partial charge in [-0.3, -0.25) is 9.78 Å². The first kappa shape index (κ1) is 14.3. The van der Waals surface area contributed by atoms with Gasteiger partial charge in [-0.15, -0.1) is 0 Å². The number of amidine groups is 1. The second kappa shape index (κ2) is 6.36. The molecular formula is C14H20N4O2. The smallest absolute Gasteiger partial charge is 0.233 e. The molecule has 0 spiro atoms. The Kier molecular flexibility index (Phi) is 4.55. The van der Waals surface area contributed by atoms with Gasteiger partial charge in [-0.25, -0.2) is 0 Å². The van der Waals surface area contributed by atoms with Crippen molar-refractivity contribution in [3.63, 3.8) is 0 Å².